The van der Waals surface area contributed by atoms with E-state index in [0.717, 1.165) is 0 Å². The molecule has 0 saturated heterocycles. The monoisotopic (exact) mass is 191 g/mol. The lowest BCUT2D eigenvalue weighted by Crippen LogP contribution is -2.03. The van der Waals surface area contributed by atoms with Crippen molar-refractivity contribution in [3.63, 3.8) is 0 Å². The van der Waals surface area contributed by atoms with Crippen LogP contribution in [0.2, 0.25) is 0 Å². The molecule has 0 spiro atoms. The number of aromatic hydroxyl groups is 1. The van der Waals surface area contributed by atoms with Gasteiger partial charge < -0.3 is 9.94 Å². The minimum absolute atomic E-state index is 0.163. The normalized spacial score (nSPS) is 10.4. The number of fused-ring (bicyclic) bond motifs is 1. The summed E-state index contributed by atoms with van der Waals surface area (Å²) in [5, 5.41) is 10.3. The molecule has 14 heavy (non-hydrogen) atoms. The van der Waals surface area contributed by atoms with Crippen molar-refractivity contribution in [3.8, 4) is 5.88 Å². The van der Waals surface area contributed by atoms with E-state index in [-0.39, 0.29) is 11.4 Å². The molecule has 2 rings (SSSR count). The molecule has 0 saturated carbocycles. The van der Waals surface area contributed by atoms with Crippen molar-refractivity contribution in [1.29, 1.82) is 0 Å². The highest BCUT2D eigenvalue weighted by molar-refractivity contribution is 6.00. The highest BCUT2D eigenvalue weighted by Crippen LogP contribution is 2.28. The molecule has 0 unspecified atom stereocenters. The Balaban J connectivity index is 2.91. The summed E-state index contributed by atoms with van der Waals surface area (Å²) in [4.78, 5) is 15.7. The molecule has 72 valence electrons. The Hall–Kier alpha value is -1.97. The van der Waals surface area contributed by atoms with Gasteiger partial charge in [-0.2, -0.15) is 0 Å². The van der Waals surface area contributed by atoms with Crippen LogP contribution in [0.1, 0.15) is 10.4 Å². The zero-order valence-corrected chi connectivity index (χ0v) is 7.60. The molecule has 4 nitrogen and oxygen atoms in total. The van der Waals surface area contributed by atoms with Crippen LogP contribution in [-0.4, -0.2) is 23.2 Å². The number of nitrogens with zero attached hydrogens (tertiary/aromatic N) is 1. The Morgan fingerprint density at radius 3 is 2.79 bits per heavy atom. The Morgan fingerprint density at radius 1 is 1.43 bits per heavy atom. The van der Waals surface area contributed by atoms with Crippen LogP contribution in [0.5, 0.6) is 5.88 Å². The van der Waals surface area contributed by atoms with Crippen molar-refractivity contribution in [3.05, 3.63) is 29.8 Å². The van der Waals surface area contributed by atoms with Crippen LogP contribution in [0.4, 0.5) is 0 Å². The van der Waals surface area contributed by atoms with E-state index in [1.807, 2.05) is 6.07 Å². The summed E-state index contributed by atoms with van der Waals surface area (Å²) in [7, 11) is 1.43. The van der Waals surface area contributed by atoms with Gasteiger partial charge in [0.05, 0.1) is 11.1 Å². The molecule has 0 radical (unpaired) electrons. The van der Waals surface area contributed by atoms with Crippen LogP contribution in [-0.2, 0) is 0 Å². The van der Waals surface area contributed by atoms with E-state index in [9.17, 15) is 9.90 Å². The molecule has 0 fully saturated rings. The molecule has 4 heteroatoms. The summed E-state index contributed by atoms with van der Waals surface area (Å²) in [5.74, 6) is -0.163. The van der Waals surface area contributed by atoms with Gasteiger partial charge in [0.15, 0.2) is 6.29 Å². The molecule has 1 N–H and O–H groups in total. The molecule has 0 aliphatic heterocycles. The van der Waals surface area contributed by atoms with Gasteiger partial charge in [-0.1, -0.05) is 18.2 Å². The summed E-state index contributed by atoms with van der Waals surface area (Å²) in [5.41, 5.74) is 0.928. The van der Waals surface area contributed by atoms with Gasteiger partial charge in [-0.15, -0.1) is 4.73 Å². The number of aldehydes is 1. The molecule has 1 heterocycles. The zero-order chi connectivity index (χ0) is 10.1. The van der Waals surface area contributed by atoms with E-state index in [4.69, 9.17) is 4.84 Å². The summed E-state index contributed by atoms with van der Waals surface area (Å²) in [6, 6.07) is 7.14. The molecule has 1 aromatic carbocycles. The third-order valence-electron chi connectivity index (χ3n) is 2.15. The first-order valence-corrected chi connectivity index (χ1v) is 4.11. The minimum Gasteiger partial charge on any atom is -0.492 e. The predicted molar refractivity (Wildman–Crippen MR) is 51.5 cm³/mol. The van der Waals surface area contributed by atoms with Gasteiger partial charge in [0.2, 0.25) is 5.88 Å². The Labute approximate surface area is 80.3 Å². The standard InChI is InChI=1S/C10H9NO3/c1-14-11-9-5-3-2-4-7(9)8(6-12)10(11)13/h2-6,13H,1H3. The molecule has 2 aromatic rings. The first kappa shape index (κ1) is 8.62. The second-order valence-corrected chi connectivity index (χ2v) is 2.85. The average Bonchev–Trinajstić information content (AvgIpc) is 2.49. The Morgan fingerprint density at radius 2 is 2.14 bits per heavy atom. The number of hydrogen-bond acceptors (Lipinski definition) is 3. The van der Waals surface area contributed by atoms with Gasteiger partial charge in [0.25, 0.3) is 0 Å². The minimum atomic E-state index is -0.163. The Kier molecular flexibility index (Phi) is 1.89. The summed E-state index contributed by atoms with van der Waals surface area (Å²) < 4.78 is 1.22. The summed E-state index contributed by atoms with van der Waals surface area (Å²) in [6.07, 6.45) is 0.618. The van der Waals surface area contributed by atoms with E-state index in [1.165, 1.54) is 11.8 Å². The maximum absolute atomic E-state index is 10.7. The number of para-hydroxylation sites is 1. The van der Waals surface area contributed by atoms with Gasteiger partial charge in [-0.05, 0) is 6.07 Å². The molecule has 0 atom stereocenters. The second kappa shape index (κ2) is 3.06. The van der Waals surface area contributed by atoms with E-state index in [2.05, 4.69) is 0 Å². The number of rotatable bonds is 2. The lowest BCUT2D eigenvalue weighted by Gasteiger charge is -2.02. The third kappa shape index (κ3) is 0.970. The third-order valence-corrected chi connectivity index (χ3v) is 2.15. The van der Waals surface area contributed by atoms with Crippen LogP contribution >= 0.6 is 0 Å². The number of carbonyl (C=O) groups is 1. The zero-order valence-electron chi connectivity index (χ0n) is 7.60. The van der Waals surface area contributed by atoms with Crippen molar-refractivity contribution in [2.24, 2.45) is 0 Å². The van der Waals surface area contributed by atoms with Gasteiger partial charge in [0, 0.05) is 5.39 Å². The molecule has 1 aromatic heterocycles. The highest BCUT2D eigenvalue weighted by Gasteiger charge is 2.15. The fourth-order valence-corrected chi connectivity index (χ4v) is 1.52. The fraction of sp³-hybridized carbons (Fsp3) is 0.100. The first-order chi connectivity index (χ1) is 6.79. The summed E-state index contributed by atoms with van der Waals surface area (Å²) in [6.45, 7) is 0. The predicted octanol–water partition coefficient (Wildman–Crippen LogP) is 1.22. The molecule has 0 amide bonds. The Bertz CT molecular complexity index is 487. The second-order valence-electron chi connectivity index (χ2n) is 2.85. The lowest BCUT2D eigenvalue weighted by atomic mass is 10.2. The number of benzene rings is 1. The molecular weight excluding hydrogens is 182 g/mol. The number of carbonyl (C=O) groups excluding carboxylic acids is 1. The average molecular weight is 191 g/mol. The topological polar surface area (TPSA) is 51.5 Å². The van der Waals surface area contributed by atoms with Crippen LogP contribution in [0.3, 0.4) is 0 Å². The largest absolute Gasteiger partial charge is 0.492 e. The van der Waals surface area contributed by atoms with Crippen LogP contribution in [0, 0.1) is 0 Å². The van der Waals surface area contributed by atoms with Gasteiger partial charge in [-0.25, -0.2) is 0 Å². The number of aromatic nitrogens is 1. The highest BCUT2D eigenvalue weighted by atomic mass is 16.7. The van der Waals surface area contributed by atoms with Crippen molar-refractivity contribution in [2.45, 2.75) is 0 Å². The van der Waals surface area contributed by atoms with Crippen LogP contribution < -0.4 is 4.84 Å². The van der Waals surface area contributed by atoms with Crippen molar-refractivity contribution in [1.82, 2.24) is 4.73 Å². The van der Waals surface area contributed by atoms with Crippen LogP contribution in [0.25, 0.3) is 10.9 Å². The van der Waals surface area contributed by atoms with Gasteiger partial charge >= 0.3 is 0 Å². The maximum Gasteiger partial charge on any atom is 0.236 e. The van der Waals surface area contributed by atoms with E-state index < -0.39 is 0 Å². The smallest absolute Gasteiger partial charge is 0.236 e. The molecule has 0 aliphatic rings. The maximum atomic E-state index is 10.7. The molecule has 0 bridgehead atoms. The van der Waals surface area contributed by atoms with E-state index >= 15 is 0 Å². The van der Waals surface area contributed by atoms with Crippen molar-refractivity contribution in [2.75, 3.05) is 7.11 Å². The van der Waals surface area contributed by atoms with Crippen molar-refractivity contribution >= 4 is 17.2 Å². The number of hydrogen-bond donors (Lipinski definition) is 1. The van der Waals surface area contributed by atoms with Crippen molar-refractivity contribution < 1.29 is 14.7 Å². The fourth-order valence-electron chi connectivity index (χ4n) is 1.52. The summed E-state index contributed by atoms with van der Waals surface area (Å²) >= 11 is 0. The van der Waals surface area contributed by atoms with E-state index in [1.54, 1.807) is 18.2 Å². The SMILES string of the molecule is COn1c(O)c(C=O)c2ccccc21. The lowest BCUT2D eigenvalue weighted by molar-refractivity contribution is 0.111. The molecule has 0 aliphatic carbocycles. The van der Waals surface area contributed by atoms with Gasteiger partial charge in [-0.3, -0.25) is 4.79 Å². The van der Waals surface area contributed by atoms with E-state index in [0.29, 0.717) is 17.2 Å². The molecular formula is C10H9NO3. The quantitative estimate of drug-likeness (QED) is 0.726. The van der Waals surface area contributed by atoms with Crippen LogP contribution in [0.15, 0.2) is 24.3 Å². The first-order valence-electron chi connectivity index (χ1n) is 4.11. The van der Waals surface area contributed by atoms with Gasteiger partial charge in [0.1, 0.15) is 7.11 Å².